The summed E-state index contributed by atoms with van der Waals surface area (Å²) >= 11 is 0. The van der Waals surface area contributed by atoms with Crippen LogP contribution in [0, 0.1) is 5.41 Å². The molecule has 1 heterocycles. The lowest BCUT2D eigenvalue weighted by Gasteiger charge is -2.36. The summed E-state index contributed by atoms with van der Waals surface area (Å²) in [4.78, 5) is 14.1. The normalized spacial score (nSPS) is 19.4. The average Bonchev–Trinajstić information content (AvgIpc) is 2.29. The van der Waals surface area contributed by atoms with E-state index in [1.807, 2.05) is 11.9 Å². The van der Waals surface area contributed by atoms with Gasteiger partial charge >= 0.3 is 0 Å². The molecule has 0 radical (unpaired) electrons. The van der Waals surface area contributed by atoms with Gasteiger partial charge in [0.05, 0.1) is 0 Å². The topological polar surface area (TPSA) is 41.6 Å². The van der Waals surface area contributed by atoms with Crippen LogP contribution in [-0.4, -0.2) is 51.2 Å². The molecule has 0 atom stereocenters. The molecule has 0 aliphatic carbocycles. The van der Waals surface area contributed by atoms with E-state index >= 15 is 0 Å². The van der Waals surface area contributed by atoms with Gasteiger partial charge in [0.25, 0.3) is 0 Å². The lowest BCUT2D eigenvalue weighted by molar-refractivity contribution is -0.141. The van der Waals surface area contributed by atoms with E-state index in [0.29, 0.717) is 0 Å². The zero-order valence-corrected chi connectivity index (χ0v) is 10.7. The number of ether oxygens (including phenoxy) is 1. The van der Waals surface area contributed by atoms with Crippen molar-refractivity contribution >= 4 is 5.91 Å². The van der Waals surface area contributed by atoms with E-state index in [1.165, 1.54) is 0 Å². The molecule has 0 bridgehead atoms. The summed E-state index contributed by atoms with van der Waals surface area (Å²) in [6.45, 7) is 5.50. The number of amides is 1. The molecule has 0 aromatic carbocycles. The molecule has 1 aliphatic heterocycles. The molecule has 1 fully saturated rings. The Bertz CT molecular complexity index is 225. The number of methoxy groups -OCH3 is 1. The molecule has 0 aromatic rings. The van der Waals surface area contributed by atoms with Crippen LogP contribution >= 0.6 is 0 Å². The SMILES string of the molecule is COCCCN(C)C(=O)C1(C)CCNCC1. The van der Waals surface area contributed by atoms with Crippen molar-refractivity contribution in [1.82, 2.24) is 10.2 Å². The summed E-state index contributed by atoms with van der Waals surface area (Å²) in [5.74, 6) is 0.283. The van der Waals surface area contributed by atoms with Gasteiger partial charge in [-0.3, -0.25) is 4.79 Å². The molecule has 1 rings (SSSR count). The van der Waals surface area contributed by atoms with E-state index in [2.05, 4.69) is 12.2 Å². The van der Waals surface area contributed by atoms with E-state index in [0.717, 1.165) is 45.5 Å². The van der Waals surface area contributed by atoms with Gasteiger partial charge < -0.3 is 15.0 Å². The van der Waals surface area contributed by atoms with Gasteiger partial charge in [0.2, 0.25) is 5.91 Å². The minimum Gasteiger partial charge on any atom is -0.385 e. The first-order valence-electron chi connectivity index (χ1n) is 6.05. The molecule has 4 nitrogen and oxygen atoms in total. The lowest BCUT2D eigenvalue weighted by Crippen LogP contribution is -2.46. The second-order valence-electron chi connectivity index (χ2n) is 4.88. The fraction of sp³-hybridized carbons (Fsp3) is 0.917. The largest absolute Gasteiger partial charge is 0.385 e. The van der Waals surface area contributed by atoms with Crippen LogP contribution < -0.4 is 5.32 Å². The van der Waals surface area contributed by atoms with Crippen molar-refractivity contribution in [1.29, 1.82) is 0 Å². The van der Waals surface area contributed by atoms with Crippen molar-refractivity contribution in [3.63, 3.8) is 0 Å². The Labute approximate surface area is 98.3 Å². The Morgan fingerprint density at radius 3 is 2.62 bits per heavy atom. The van der Waals surface area contributed by atoms with Gasteiger partial charge in [-0.05, 0) is 32.4 Å². The Kier molecular flexibility index (Phi) is 5.22. The van der Waals surface area contributed by atoms with E-state index in [4.69, 9.17) is 4.74 Å². The number of hydrogen-bond acceptors (Lipinski definition) is 3. The number of hydrogen-bond donors (Lipinski definition) is 1. The fourth-order valence-electron chi connectivity index (χ4n) is 2.20. The average molecular weight is 228 g/mol. The maximum absolute atomic E-state index is 12.3. The molecule has 16 heavy (non-hydrogen) atoms. The second-order valence-corrected chi connectivity index (χ2v) is 4.88. The summed E-state index contributed by atoms with van der Waals surface area (Å²) < 4.78 is 4.99. The minimum atomic E-state index is -0.160. The van der Waals surface area contributed by atoms with Crippen LogP contribution in [0.4, 0.5) is 0 Å². The number of carbonyl (C=O) groups excluding carboxylic acids is 1. The summed E-state index contributed by atoms with van der Waals surface area (Å²) in [5, 5.41) is 3.30. The summed E-state index contributed by atoms with van der Waals surface area (Å²) in [7, 11) is 3.58. The molecule has 94 valence electrons. The first-order chi connectivity index (χ1) is 7.60. The van der Waals surface area contributed by atoms with E-state index < -0.39 is 0 Å². The van der Waals surface area contributed by atoms with Crippen molar-refractivity contribution in [3.8, 4) is 0 Å². The predicted molar refractivity (Wildman–Crippen MR) is 64.3 cm³/mol. The highest BCUT2D eigenvalue weighted by Crippen LogP contribution is 2.29. The second kappa shape index (κ2) is 6.21. The lowest BCUT2D eigenvalue weighted by atomic mass is 9.80. The van der Waals surface area contributed by atoms with Crippen LogP contribution in [0.15, 0.2) is 0 Å². The molecule has 0 aromatic heterocycles. The maximum Gasteiger partial charge on any atom is 0.228 e. The van der Waals surface area contributed by atoms with Crippen LogP contribution in [0.5, 0.6) is 0 Å². The predicted octanol–water partition coefficient (Wildman–Crippen LogP) is 0.871. The quantitative estimate of drug-likeness (QED) is 0.710. The van der Waals surface area contributed by atoms with Crippen LogP contribution in [0.3, 0.4) is 0 Å². The first-order valence-corrected chi connectivity index (χ1v) is 6.05. The Hall–Kier alpha value is -0.610. The molecule has 4 heteroatoms. The maximum atomic E-state index is 12.3. The third-order valence-electron chi connectivity index (χ3n) is 3.41. The minimum absolute atomic E-state index is 0.160. The zero-order chi connectivity index (χ0) is 12.0. The van der Waals surface area contributed by atoms with Gasteiger partial charge in [-0.1, -0.05) is 6.92 Å². The first kappa shape index (κ1) is 13.5. The summed E-state index contributed by atoms with van der Waals surface area (Å²) in [6.07, 6.45) is 2.80. The number of carbonyl (C=O) groups is 1. The highest BCUT2D eigenvalue weighted by molar-refractivity contribution is 5.82. The molecule has 0 spiro atoms. The van der Waals surface area contributed by atoms with E-state index in [-0.39, 0.29) is 11.3 Å². The van der Waals surface area contributed by atoms with Crippen molar-refractivity contribution in [2.45, 2.75) is 26.2 Å². The van der Waals surface area contributed by atoms with Crippen LogP contribution in [0.1, 0.15) is 26.2 Å². The summed E-state index contributed by atoms with van der Waals surface area (Å²) in [5.41, 5.74) is -0.160. The van der Waals surface area contributed by atoms with Crippen molar-refractivity contribution in [2.75, 3.05) is 40.4 Å². The Morgan fingerprint density at radius 1 is 1.44 bits per heavy atom. The van der Waals surface area contributed by atoms with E-state index in [9.17, 15) is 4.79 Å². The van der Waals surface area contributed by atoms with E-state index in [1.54, 1.807) is 7.11 Å². The molecule has 1 saturated heterocycles. The molecule has 1 N–H and O–H groups in total. The molecular weight excluding hydrogens is 204 g/mol. The Balaban J connectivity index is 2.41. The van der Waals surface area contributed by atoms with Crippen molar-refractivity contribution in [2.24, 2.45) is 5.41 Å². The van der Waals surface area contributed by atoms with Gasteiger partial charge in [-0.2, -0.15) is 0 Å². The summed E-state index contributed by atoms with van der Waals surface area (Å²) in [6, 6.07) is 0. The third kappa shape index (κ3) is 3.46. The van der Waals surface area contributed by atoms with Gasteiger partial charge in [-0.25, -0.2) is 0 Å². The fourth-order valence-corrected chi connectivity index (χ4v) is 2.20. The standard InChI is InChI=1S/C12H24N2O2/c1-12(5-7-13-8-6-12)11(15)14(2)9-4-10-16-3/h13H,4-10H2,1-3H3. The smallest absolute Gasteiger partial charge is 0.228 e. The van der Waals surface area contributed by atoms with Crippen LogP contribution in [0.2, 0.25) is 0 Å². The van der Waals surface area contributed by atoms with Crippen molar-refractivity contribution in [3.05, 3.63) is 0 Å². The highest BCUT2D eigenvalue weighted by atomic mass is 16.5. The van der Waals surface area contributed by atoms with Gasteiger partial charge in [0.1, 0.15) is 0 Å². The third-order valence-corrected chi connectivity index (χ3v) is 3.41. The monoisotopic (exact) mass is 228 g/mol. The number of nitrogens with zero attached hydrogens (tertiary/aromatic N) is 1. The molecule has 0 unspecified atom stereocenters. The number of nitrogens with one attached hydrogen (secondary N) is 1. The van der Waals surface area contributed by atoms with Crippen LogP contribution in [-0.2, 0) is 9.53 Å². The molecule has 1 aliphatic rings. The number of piperidine rings is 1. The van der Waals surface area contributed by atoms with Crippen molar-refractivity contribution < 1.29 is 9.53 Å². The highest BCUT2D eigenvalue weighted by Gasteiger charge is 2.36. The van der Waals surface area contributed by atoms with Gasteiger partial charge in [0, 0.05) is 32.7 Å². The molecular formula is C12H24N2O2. The Morgan fingerprint density at radius 2 is 2.06 bits per heavy atom. The van der Waals surface area contributed by atoms with Gasteiger partial charge in [-0.15, -0.1) is 0 Å². The van der Waals surface area contributed by atoms with Crippen LogP contribution in [0.25, 0.3) is 0 Å². The zero-order valence-electron chi connectivity index (χ0n) is 10.7. The molecule has 1 amide bonds. The van der Waals surface area contributed by atoms with Gasteiger partial charge in [0.15, 0.2) is 0 Å². The number of rotatable bonds is 5. The molecule has 0 saturated carbocycles.